The molecule has 1 aliphatic rings. The molecule has 0 unspecified atom stereocenters. The lowest BCUT2D eigenvalue weighted by Gasteiger charge is -2.31. The molecule has 0 aliphatic carbocycles. The van der Waals surface area contributed by atoms with Crippen LogP contribution in [0.5, 0.6) is 5.75 Å². The van der Waals surface area contributed by atoms with Crippen molar-refractivity contribution in [2.75, 3.05) is 13.2 Å². The van der Waals surface area contributed by atoms with Gasteiger partial charge in [0.2, 0.25) is 5.90 Å². The SMILES string of the molecule is [N-]=[N+]=Nc1ccccc1C[C@]1(C(=O)NNCc2ccc(F)cc2F)N=C(c2ccc(OCCCO)cc2)O[C@H]1c1ccccc1. The second-order valence-corrected chi connectivity index (χ2v) is 10.2. The number of hydrazine groups is 1. The van der Waals surface area contributed by atoms with Crippen molar-refractivity contribution in [3.63, 3.8) is 0 Å². The number of rotatable bonds is 13. The van der Waals surface area contributed by atoms with Crippen LogP contribution in [0.2, 0.25) is 0 Å². The molecule has 10 nitrogen and oxygen atoms in total. The highest BCUT2D eigenvalue weighted by atomic mass is 19.1. The second kappa shape index (κ2) is 14.5. The van der Waals surface area contributed by atoms with E-state index in [4.69, 9.17) is 19.6 Å². The molecule has 0 saturated heterocycles. The molecule has 4 aromatic carbocycles. The Kier molecular flexibility index (Phi) is 10.0. The van der Waals surface area contributed by atoms with E-state index in [2.05, 4.69) is 20.9 Å². The van der Waals surface area contributed by atoms with Crippen LogP contribution in [-0.2, 0) is 22.5 Å². The third-order valence-electron chi connectivity index (χ3n) is 7.23. The first-order chi connectivity index (χ1) is 21.9. The molecule has 1 amide bonds. The Morgan fingerprint density at radius 3 is 2.51 bits per heavy atom. The predicted molar refractivity (Wildman–Crippen MR) is 163 cm³/mol. The van der Waals surface area contributed by atoms with E-state index in [0.717, 1.165) is 12.1 Å². The molecule has 1 heterocycles. The fraction of sp³-hybridized carbons (Fsp3) is 0.212. The number of aliphatic hydroxyl groups excluding tert-OH is 1. The minimum absolute atomic E-state index is 0.0181. The minimum Gasteiger partial charge on any atom is -0.494 e. The third kappa shape index (κ3) is 7.27. The van der Waals surface area contributed by atoms with Gasteiger partial charge in [-0.2, -0.15) is 0 Å². The first-order valence-corrected chi connectivity index (χ1v) is 14.2. The Bertz CT molecular complexity index is 1710. The summed E-state index contributed by atoms with van der Waals surface area (Å²) in [4.78, 5) is 22.1. The van der Waals surface area contributed by atoms with Gasteiger partial charge in [-0.3, -0.25) is 10.2 Å². The van der Waals surface area contributed by atoms with Crippen LogP contribution in [0.1, 0.15) is 34.8 Å². The highest BCUT2D eigenvalue weighted by molar-refractivity contribution is 6.01. The number of ether oxygens (including phenoxy) is 2. The van der Waals surface area contributed by atoms with Crippen molar-refractivity contribution in [1.82, 2.24) is 10.9 Å². The van der Waals surface area contributed by atoms with Crippen LogP contribution < -0.4 is 15.6 Å². The molecular weight excluding hydrogens is 582 g/mol. The Balaban J connectivity index is 1.54. The number of nitrogens with one attached hydrogen (secondary N) is 2. The van der Waals surface area contributed by atoms with Crippen LogP contribution in [0, 0.1) is 11.6 Å². The highest BCUT2D eigenvalue weighted by Crippen LogP contribution is 2.43. The molecule has 0 radical (unpaired) electrons. The summed E-state index contributed by atoms with van der Waals surface area (Å²) >= 11 is 0. The van der Waals surface area contributed by atoms with E-state index in [9.17, 15) is 19.1 Å². The van der Waals surface area contributed by atoms with Gasteiger partial charge in [-0.15, -0.1) is 0 Å². The van der Waals surface area contributed by atoms with Crippen molar-refractivity contribution >= 4 is 17.5 Å². The summed E-state index contributed by atoms with van der Waals surface area (Å²) in [5, 5.41) is 12.8. The van der Waals surface area contributed by atoms with Crippen molar-refractivity contribution < 1.29 is 28.2 Å². The molecule has 3 N–H and O–H groups in total. The molecule has 230 valence electrons. The first-order valence-electron chi connectivity index (χ1n) is 14.2. The van der Waals surface area contributed by atoms with Crippen LogP contribution >= 0.6 is 0 Å². The monoisotopic (exact) mass is 612 g/mol. The number of aliphatic imine (C=N–C) groups is 1. The standard InChI is InChI=1S/C33H30F2N6O4/c34-26-14-11-25(28(35)19-26)21-37-40-32(43)33(20-24-9-4-5-10-29(24)39-41-36)30(22-7-2-1-3-8-22)45-31(38-33)23-12-15-27(16-13-23)44-18-6-17-42/h1-5,7-16,19,30,37,42H,6,17-18,20-21H2,(H,40,43)/t30-,33-/m0/s1. The summed E-state index contributed by atoms with van der Waals surface area (Å²) < 4.78 is 39.8. The normalized spacial score (nSPS) is 17.1. The van der Waals surface area contributed by atoms with Crippen LogP contribution in [0.15, 0.2) is 107 Å². The van der Waals surface area contributed by atoms with Gasteiger partial charge in [0.05, 0.1) is 6.61 Å². The number of nitrogens with zero attached hydrogens (tertiary/aromatic N) is 4. The van der Waals surface area contributed by atoms with Gasteiger partial charge in [0.1, 0.15) is 17.4 Å². The van der Waals surface area contributed by atoms with Crippen molar-refractivity contribution in [2.24, 2.45) is 10.1 Å². The Labute approximate surface area is 257 Å². The Morgan fingerprint density at radius 1 is 1.02 bits per heavy atom. The van der Waals surface area contributed by atoms with Crippen LogP contribution in [0.4, 0.5) is 14.5 Å². The lowest BCUT2D eigenvalue weighted by molar-refractivity contribution is -0.130. The van der Waals surface area contributed by atoms with Crippen LogP contribution in [0.25, 0.3) is 10.4 Å². The van der Waals surface area contributed by atoms with Gasteiger partial charge in [0, 0.05) is 53.8 Å². The number of amides is 1. The van der Waals surface area contributed by atoms with Gasteiger partial charge in [-0.05, 0) is 47.0 Å². The van der Waals surface area contributed by atoms with Crippen LogP contribution in [-0.4, -0.2) is 35.7 Å². The molecule has 0 spiro atoms. The third-order valence-corrected chi connectivity index (χ3v) is 7.23. The first kappa shape index (κ1) is 31.1. The molecule has 0 bridgehead atoms. The van der Waals surface area contributed by atoms with Gasteiger partial charge >= 0.3 is 0 Å². The molecule has 5 rings (SSSR count). The highest BCUT2D eigenvalue weighted by Gasteiger charge is 2.53. The summed E-state index contributed by atoms with van der Waals surface area (Å²) in [5.41, 5.74) is 15.3. The number of carbonyl (C=O) groups excluding carboxylic acids is 1. The maximum absolute atomic E-state index is 14.3. The molecule has 0 fully saturated rings. The van der Waals surface area contributed by atoms with E-state index in [1.54, 1.807) is 48.5 Å². The summed E-state index contributed by atoms with van der Waals surface area (Å²) in [6.07, 6.45) is -0.447. The van der Waals surface area contributed by atoms with E-state index >= 15 is 0 Å². The Morgan fingerprint density at radius 2 is 1.78 bits per heavy atom. The van der Waals surface area contributed by atoms with E-state index in [1.807, 2.05) is 30.3 Å². The zero-order chi connectivity index (χ0) is 31.6. The average Bonchev–Trinajstić information content (AvgIpc) is 3.44. The number of azide groups is 1. The molecular formula is C33H30F2N6O4. The summed E-state index contributed by atoms with van der Waals surface area (Å²) in [5.74, 6) is -1.26. The van der Waals surface area contributed by atoms with Gasteiger partial charge in [-0.25, -0.2) is 19.2 Å². The molecule has 2 atom stereocenters. The average molecular weight is 613 g/mol. The topological polar surface area (TPSA) is 141 Å². The number of halogens is 2. The second-order valence-electron chi connectivity index (χ2n) is 10.2. The minimum atomic E-state index is -1.62. The maximum atomic E-state index is 14.3. The van der Waals surface area contributed by atoms with Gasteiger partial charge in [0.15, 0.2) is 11.6 Å². The number of hydrogen-bond acceptors (Lipinski definition) is 7. The molecule has 4 aromatic rings. The fourth-order valence-electron chi connectivity index (χ4n) is 5.00. The summed E-state index contributed by atoms with van der Waals surface area (Å²) in [6, 6.07) is 26.2. The molecule has 45 heavy (non-hydrogen) atoms. The van der Waals surface area contributed by atoms with E-state index in [-0.39, 0.29) is 31.0 Å². The number of benzene rings is 4. The number of hydrogen-bond donors (Lipinski definition) is 3. The molecule has 0 aromatic heterocycles. The summed E-state index contributed by atoms with van der Waals surface area (Å²) in [7, 11) is 0. The lowest BCUT2D eigenvalue weighted by Crippen LogP contribution is -2.53. The van der Waals surface area contributed by atoms with E-state index in [1.165, 1.54) is 6.07 Å². The van der Waals surface area contributed by atoms with Crippen molar-refractivity contribution in [1.29, 1.82) is 0 Å². The smallest absolute Gasteiger partial charge is 0.266 e. The molecule has 1 aliphatic heterocycles. The van der Waals surface area contributed by atoms with Gasteiger partial charge in [-0.1, -0.05) is 65.8 Å². The zero-order valence-electron chi connectivity index (χ0n) is 24.1. The summed E-state index contributed by atoms with van der Waals surface area (Å²) in [6.45, 7) is 0.241. The van der Waals surface area contributed by atoms with Gasteiger partial charge in [0.25, 0.3) is 5.91 Å². The molecule has 12 heteroatoms. The largest absolute Gasteiger partial charge is 0.494 e. The van der Waals surface area contributed by atoms with Gasteiger partial charge < -0.3 is 14.6 Å². The van der Waals surface area contributed by atoms with E-state index in [0.29, 0.717) is 41.2 Å². The molecule has 0 saturated carbocycles. The van der Waals surface area contributed by atoms with E-state index < -0.39 is 29.2 Å². The van der Waals surface area contributed by atoms with Crippen LogP contribution in [0.3, 0.4) is 0 Å². The quantitative estimate of drug-likeness (QED) is 0.0559. The number of aliphatic hydroxyl groups is 1. The fourth-order valence-corrected chi connectivity index (χ4v) is 5.00. The van der Waals surface area contributed by atoms with Crippen molar-refractivity contribution in [2.45, 2.75) is 31.0 Å². The Hall–Kier alpha value is -5.29. The zero-order valence-corrected chi connectivity index (χ0v) is 24.1. The number of carbonyl (C=O) groups is 1. The maximum Gasteiger partial charge on any atom is 0.266 e. The lowest BCUT2D eigenvalue weighted by atomic mass is 9.81. The van der Waals surface area contributed by atoms with Crippen molar-refractivity contribution in [3.05, 3.63) is 141 Å². The predicted octanol–water partition coefficient (Wildman–Crippen LogP) is 5.99. The van der Waals surface area contributed by atoms with Crippen molar-refractivity contribution in [3.8, 4) is 5.75 Å².